The Bertz CT molecular complexity index is 686. The van der Waals surface area contributed by atoms with Crippen molar-refractivity contribution in [1.29, 1.82) is 0 Å². The predicted octanol–water partition coefficient (Wildman–Crippen LogP) is 4.21. The Morgan fingerprint density at radius 2 is 2.00 bits per heavy atom. The molecule has 96 valence electrons. The molecule has 3 aromatic rings. The fraction of sp³-hybridized carbons (Fsp3) is 0.133. The molecule has 3 rings (SSSR count). The van der Waals surface area contributed by atoms with Crippen molar-refractivity contribution in [1.82, 2.24) is 4.98 Å². The number of aromatic nitrogens is 1. The molecule has 0 aliphatic heterocycles. The summed E-state index contributed by atoms with van der Waals surface area (Å²) in [7, 11) is 0. The SMILES string of the molecule is Cc1cccc(CN)c1Sc1nc2ccccc2s1. The summed E-state index contributed by atoms with van der Waals surface area (Å²) in [6.45, 7) is 2.68. The van der Waals surface area contributed by atoms with Crippen LogP contribution in [-0.2, 0) is 6.54 Å². The summed E-state index contributed by atoms with van der Waals surface area (Å²) in [6.07, 6.45) is 0. The Labute approximate surface area is 120 Å². The largest absolute Gasteiger partial charge is 0.326 e. The van der Waals surface area contributed by atoms with Gasteiger partial charge in [-0.25, -0.2) is 4.98 Å². The second-order valence-electron chi connectivity index (χ2n) is 4.32. The van der Waals surface area contributed by atoms with Gasteiger partial charge in [0.2, 0.25) is 0 Å². The summed E-state index contributed by atoms with van der Waals surface area (Å²) in [4.78, 5) is 5.91. The summed E-state index contributed by atoms with van der Waals surface area (Å²) in [5.74, 6) is 0. The number of benzene rings is 2. The summed E-state index contributed by atoms with van der Waals surface area (Å²) in [5, 5.41) is 0. The van der Waals surface area contributed by atoms with E-state index in [4.69, 9.17) is 5.73 Å². The van der Waals surface area contributed by atoms with E-state index in [1.165, 1.54) is 20.7 Å². The Morgan fingerprint density at radius 3 is 2.79 bits per heavy atom. The molecule has 0 radical (unpaired) electrons. The normalized spacial score (nSPS) is 11.1. The first-order valence-corrected chi connectivity index (χ1v) is 7.73. The van der Waals surface area contributed by atoms with E-state index in [0.717, 1.165) is 9.86 Å². The van der Waals surface area contributed by atoms with Crippen LogP contribution in [0.25, 0.3) is 10.2 Å². The number of nitrogens with zero attached hydrogens (tertiary/aromatic N) is 1. The number of fused-ring (bicyclic) bond motifs is 1. The summed E-state index contributed by atoms with van der Waals surface area (Å²) >= 11 is 3.45. The lowest BCUT2D eigenvalue weighted by molar-refractivity contribution is 1.01. The van der Waals surface area contributed by atoms with Crippen LogP contribution in [0.4, 0.5) is 0 Å². The molecule has 4 heteroatoms. The number of thiazole rings is 1. The first-order valence-electron chi connectivity index (χ1n) is 6.10. The molecule has 2 N–H and O–H groups in total. The monoisotopic (exact) mass is 286 g/mol. The third-order valence-corrected chi connectivity index (χ3v) is 5.36. The van der Waals surface area contributed by atoms with E-state index in [2.05, 4.69) is 42.2 Å². The summed E-state index contributed by atoms with van der Waals surface area (Å²) in [6, 6.07) is 14.5. The highest BCUT2D eigenvalue weighted by Gasteiger charge is 2.10. The Balaban J connectivity index is 2.01. The number of aryl methyl sites for hydroxylation is 1. The molecule has 2 aromatic carbocycles. The number of hydrogen-bond acceptors (Lipinski definition) is 4. The molecule has 0 atom stereocenters. The van der Waals surface area contributed by atoms with Gasteiger partial charge in [0.15, 0.2) is 4.34 Å². The standard InChI is InChI=1S/C15H14N2S2/c1-10-5-4-6-11(9-16)14(10)19-15-17-12-7-2-3-8-13(12)18-15/h2-8H,9,16H2,1H3. The molecule has 0 saturated heterocycles. The number of nitrogens with two attached hydrogens (primary N) is 1. The van der Waals surface area contributed by atoms with E-state index in [1.54, 1.807) is 23.1 Å². The third kappa shape index (κ3) is 2.52. The Hall–Kier alpha value is -1.36. The fourth-order valence-electron chi connectivity index (χ4n) is 2.00. The maximum absolute atomic E-state index is 5.82. The average Bonchev–Trinajstić information content (AvgIpc) is 2.83. The van der Waals surface area contributed by atoms with Crippen LogP contribution in [0, 0.1) is 6.92 Å². The molecular formula is C15H14N2S2. The highest BCUT2D eigenvalue weighted by molar-refractivity contribution is 8.01. The summed E-state index contributed by atoms with van der Waals surface area (Å²) < 4.78 is 2.30. The van der Waals surface area contributed by atoms with Crippen molar-refractivity contribution in [3.8, 4) is 0 Å². The van der Waals surface area contributed by atoms with Crippen molar-refractivity contribution in [2.45, 2.75) is 22.7 Å². The fourth-order valence-corrected chi connectivity index (χ4v) is 4.22. The number of para-hydroxylation sites is 1. The van der Waals surface area contributed by atoms with Crippen LogP contribution >= 0.6 is 23.1 Å². The van der Waals surface area contributed by atoms with Gasteiger partial charge in [0.1, 0.15) is 0 Å². The topological polar surface area (TPSA) is 38.9 Å². The van der Waals surface area contributed by atoms with Crippen LogP contribution < -0.4 is 5.73 Å². The molecular weight excluding hydrogens is 272 g/mol. The van der Waals surface area contributed by atoms with E-state index in [1.807, 2.05) is 12.1 Å². The molecule has 0 fully saturated rings. The molecule has 0 bridgehead atoms. The van der Waals surface area contributed by atoms with E-state index in [9.17, 15) is 0 Å². The van der Waals surface area contributed by atoms with Gasteiger partial charge in [0.05, 0.1) is 10.2 Å². The molecule has 2 nitrogen and oxygen atoms in total. The molecule has 0 amide bonds. The second-order valence-corrected chi connectivity index (χ2v) is 6.60. The quantitative estimate of drug-likeness (QED) is 0.783. The van der Waals surface area contributed by atoms with E-state index < -0.39 is 0 Å². The van der Waals surface area contributed by atoms with Gasteiger partial charge in [-0.1, -0.05) is 42.1 Å². The smallest absolute Gasteiger partial charge is 0.155 e. The molecule has 1 heterocycles. The van der Waals surface area contributed by atoms with Gasteiger partial charge in [-0.05, 0) is 30.2 Å². The van der Waals surface area contributed by atoms with Crippen molar-refractivity contribution in [2.24, 2.45) is 5.73 Å². The van der Waals surface area contributed by atoms with Crippen LogP contribution in [0.15, 0.2) is 51.7 Å². The van der Waals surface area contributed by atoms with Crippen molar-refractivity contribution in [2.75, 3.05) is 0 Å². The minimum absolute atomic E-state index is 0.564. The van der Waals surface area contributed by atoms with Crippen LogP contribution in [0.1, 0.15) is 11.1 Å². The second kappa shape index (κ2) is 5.33. The lowest BCUT2D eigenvalue weighted by Gasteiger charge is -2.08. The lowest BCUT2D eigenvalue weighted by atomic mass is 10.1. The Morgan fingerprint density at radius 1 is 1.16 bits per heavy atom. The van der Waals surface area contributed by atoms with Crippen LogP contribution in [0.3, 0.4) is 0 Å². The molecule has 0 unspecified atom stereocenters. The van der Waals surface area contributed by atoms with Gasteiger partial charge in [-0.2, -0.15) is 0 Å². The molecule has 0 aliphatic carbocycles. The van der Waals surface area contributed by atoms with Gasteiger partial charge in [0, 0.05) is 11.4 Å². The van der Waals surface area contributed by atoms with Gasteiger partial charge < -0.3 is 5.73 Å². The van der Waals surface area contributed by atoms with Gasteiger partial charge in [0.25, 0.3) is 0 Å². The lowest BCUT2D eigenvalue weighted by Crippen LogP contribution is -1.99. The minimum Gasteiger partial charge on any atom is -0.326 e. The molecule has 0 saturated carbocycles. The zero-order valence-electron chi connectivity index (χ0n) is 10.6. The highest BCUT2D eigenvalue weighted by atomic mass is 32.2. The first kappa shape index (κ1) is 12.7. The van der Waals surface area contributed by atoms with Crippen LogP contribution in [0.2, 0.25) is 0 Å². The van der Waals surface area contributed by atoms with E-state index in [-0.39, 0.29) is 0 Å². The van der Waals surface area contributed by atoms with Gasteiger partial charge >= 0.3 is 0 Å². The van der Waals surface area contributed by atoms with E-state index in [0.29, 0.717) is 6.54 Å². The van der Waals surface area contributed by atoms with Gasteiger partial charge in [-0.15, -0.1) is 11.3 Å². The summed E-state index contributed by atoms with van der Waals surface area (Å²) in [5.41, 5.74) is 9.33. The van der Waals surface area contributed by atoms with Crippen LogP contribution in [0.5, 0.6) is 0 Å². The van der Waals surface area contributed by atoms with Crippen molar-refractivity contribution >= 4 is 33.3 Å². The maximum atomic E-state index is 5.82. The maximum Gasteiger partial charge on any atom is 0.155 e. The molecule has 1 aromatic heterocycles. The number of hydrogen-bond donors (Lipinski definition) is 1. The number of rotatable bonds is 3. The van der Waals surface area contributed by atoms with Crippen molar-refractivity contribution < 1.29 is 0 Å². The van der Waals surface area contributed by atoms with E-state index >= 15 is 0 Å². The molecule has 19 heavy (non-hydrogen) atoms. The minimum atomic E-state index is 0.564. The van der Waals surface area contributed by atoms with Gasteiger partial charge in [-0.3, -0.25) is 0 Å². The van der Waals surface area contributed by atoms with Crippen molar-refractivity contribution in [3.05, 3.63) is 53.6 Å². The zero-order chi connectivity index (χ0) is 13.2. The zero-order valence-corrected chi connectivity index (χ0v) is 12.2. The molecule has 0 aliphatic rings. The highest BCUT2D eigenvalue weighted by Crippen LogP contribution is 2.37. The first-order chi connectivity index (χ1) is 9.28. The Kier molecular flexibility index (Phi) is 3.55. The molecule has 0 spiro atoms. The van der Waals surface area contributed by atoms with Crippen molar-refractivity contribution in [3.63, 3.8) is 0 Å². The van der Waals surface area contributed by atoms with Crippen LogP contribution in [-0.4, -0.2) is 4.98 Å². The average molecular weight is 286 g/mol. The third-order valence-electron chi connectivity index (χ3n) is 2.98. The predicted molar refractivity (Wildman–Crippen MR) is 82.8 cm³/mol.